The van der Waals surface area contributed by atoms with Gasteiger partial charge in [-0.2, -0.15) is 0 Å². The van der Waals surface area contributed by atoms with Crippen molar-refractivity contribution < 1.29 is 10.0 Å². The van der Waals surface area contributed by atoms with Gasteiger partial charge in [0.1, 0.15) is 0 Å². The van der Waals surface area contributed by atoms with Crippen molar-refractivity contribution in [3.8, 4) is 0 Å². The number of hydrogen-bond acceptors (Lipinski definition) is 4. The van der Waals surface area contributed by atoms with Gasteiger partial charge in [0.15, 0.2) is 0 Å². The van der Waals surface area contributed by atoms with Crippen LogP contribution in [-0.4, -0.2) is 34.1 Å². The number of likely N-dealkylation sites (N-methyl/N-ethyl adjacent to an activating group) is 1. The summed E-state index contributed by atoms with van der Waals surface area (Å²) in [6.07, 6.45) is 3.74. The number of nitro benzene ring substituents is 1. The summed E-state index contributed by atoms with van der Waals surface area (Å²) in [7, 11) is 1.97. The van der Waals surface area contributed by atoms with Gasteiger partial charge in [-0.05, 0) is 47.4 Å². The number of aliphatic hydroxyl groups excluding tert-OH is 1. The van der Waals surface area contributed by atoms with E-state index in [1.165, 1.54) is 0 Å². The Labute approximate surface area is 126 Å². The molecule has 2 unspecified atom stereocenters. The van der Waals surface area contributed by atoms with Crippen LogP contribution in [-0.2, 0) is 6.54 Å². The van der Waals surface area contributed by atoms with E-state index in [0.29, 0.717) is 11.0 Å². The maximum atomic E-state index is 10.9. The van der Waals surface area contributed by atoms with Crippen LogP contribution in [0.4, 0.5) is 5.69 Å². The number of aliphatic hydroxyl groups is 1. The van der Waals surface area contributed by atoms with Crippen molar-refractivity contribution >= 4 is 21.6 Å². The molecular formula is C14H19BrN2O3. The zero-order valence-electron chi connectivity index (χ0n) is 11.5. The van der Waals surface area contributed by atoms with Gasteiger partial charge in [-0.25, -0.2) is 0 Å². The normalized spacial score (nSPS) is 23.0. The van der Waals surface area contributed by atoms with Crippen LogP contribution in [0.25, 0.3) is 0 Å². The fourth-order valence-electron chi connectivity index (χ4n) is 2.81. The molecule has 110 valence electrons. The molecule has 2 atom stereocenters. The molecule has 0 saturated heterocycles. The molecular weight excluding hydrogens is 324 g/mol. The summed E-state index contributed by atoms with van der Waals surface area (Å²) in [4.78, 5) is 12.6. The van der Waals surface area contributed by atoms with E-state index >= 15 is 0 Å². The van der Waals surface area contributed by atoms with Crippen LogP contribution in [0.3, 0.4) is 0 Å². The van der Waals surface area contributed by atoms with Crippen LogP contribution in [0, 0.1) is 10.1 Å². The van der Waals surface area contributed by atoms with Crippen molar-refractivity contribution in [3.05, 3.63) is 38.3 Å². The van der Waals surface area contributed by atoms with E-state index in [1.54, 1.807) is 12.1 Å². The first kappa shape index (κ1) is 15.4. The average molecular weight is 343 g/mol. The smallest absolute Gasteiger partial charge is 0.283 e. The van der Waals surface area contributed by atoms with Crippen molar-refractivity contribution in [1.29, 1.82) is 0 Å². The molecule has 1 N–H and O–H groups in total. The summed E-state index contributed by atoms with van der Waals surface area (Å²) in [5.74, 6) is 0. The van der Waals surface area contributed by atoms with Gasteiger partial charge in [-0.1, -0.05) is 18.9 Å². The lowest BCUT2D eigenvalue weighted by atomic mass is 9.91. The second-order valence-corrected chi connectivity index (χ2v) is 6.23. The number of nitrogens with zero attached hydrogens (tertiary/aromatic N) is 2. The maximum absolute atomic E-state index is 10.9. The van der Waals surface area contributed by atoms with Crippen LogP contribution in [0.1, 0.15) is 31.2 Å². The Kier molecular flexibility index (Phi) is 5.12. The minimum Gasteiger partial charge on any atom is -0.391 e. The molecule has 0 aromatic heterocycles. The molecule has 6 heteroatoms. The fraction of sp³-hybridized carbons (Fsp3) is 0.571. The van der Waals surface area contributed by atoms with E-state index in [0.717, 1.165) is 31.2 Å². The largest absolute Gasteiger partial charge is 0.391 e. The lowest BCUT2D eigenvalue weighted by Gasteiger charge is -2.35. The lowest BCUT2D eigenvalue weighted by molar-refractivity contribution is -0.385. The Balaban J connectivity index is 2.09. The summed E-state index contributed by atoms with van der Waals surface area (Å²) >= 11 is 3.19. The van der Waals surface area contributed by atoms with Crippen molar-refractivity contribution in [2.24, 2.45) is 0 Å². The van der Waals surface area contributed by atoms with Gasteiger partial charge in [0.05, 0.1) is 15.5 Å². The van der Waals surface area contributed by atoms with Crippen molar-refractivity contribution in [2.75, 3.05) is 7.05 Å². The molecule has 5 nitrogen and oxygen atoms in total. The molecule has 0 radical (unpaired) electrons. The second kappa shape index (κ2) is 6.65. The Morgan fingerprint density at radius 2 is 2.15 bits per heavy atom. The molecule has 1 fully saturated rings. The average Bonchev–Trinajstić information content (AvgIpc) is 2.41. The van der Waals surface area contributed by atoms with Gasteiger partial charge >= 0.3 is 0 Å². The number of halogens is 1. The minimum atomic E-state index is -0.386. The van der Waals surface area contributed by atoms with Gasteiger partial charge in [0.2, 0.25) is 0 Å². The van der Waals surface area contributed by atoms with Crippen molar-refractivity contribution in [2.45, 2.75) is 44.4 Å². The van der Waals surface area contributed by atoms with Crippen molar-refractivity contribution in [1.82, 2.24) is 4.90 Å². The molecule has 1 aliphatic rings. The third kappa shape index (κ3) is 3.56. The van der Waals surface area contributed by atoms with E-state index in [-0.39, 0.29) is 22.8 Å². The molecule has 0 heterocycles. The van der Waals surface area contributed by atoms with E-state index in [1.807, 2.05) is 13.1 Å². The van der Waals surface area contributed by atoms with Gasteiger partial charge in [0.25, 0.3) is 5.69 Å². The molecule has 2 rings (SSSR count). The standard InChI is InChI=1S/C14H19BrN2O3/c1-16(12-4-2-3-5-14(12)18)9-10-6-7-11(15)13(8-10)17(19)20/h6-8,12,14,18H,2-5,9H2,1H3. The molecule has 0 amide bonds. The number of rotatable bonds is 4. The van der Waals surface area contributed by atoms with E-state index < -0.39 is 0 Å². The van der Waals surface area contributed by atoms with Gasteiger partial charge < -0.3 is 5.11 Å². The molecule has 1 aromatic carbocycles. The predicted octanol–water partition coefficient (Wildman–Crippen LogP) is 3.09. The highest BCUT2D eigenvalue weighted by Gasteiger charge is 2.26. The molecule has 1 aromatic rings. The molecule has 0 bridgehead atoms. The fourth-order valence-corrected chi connectivity index (χ4v) is 3.20. The highest BCUT2D eigenvalue weighted by atomic mass is 79.9. The number of benzene rings is 1. The Bertz CT molecular complexity index is 495. The van der Waals surface area contributed by atoms with Gasteiger partial charge in [0, 0.05) is 18.7 Å². The summed E-state index contributed by atoms with van der Waals surface area (Å²) in [6.45, 7) is 0.607. The Morgan fingerprint density at radius 3 is 2.80 bits per heavy atom. The molecule has 0 aliphatic heterocycles. The molecule has 1 aliphatic carbocycles. The third-order valence-corrected chi connectivity index (χ3v) is 4.57. The van der Waals surface area contributed by atoms with Crippen LogP contribution in [0.5, 0.6) is 0 Å². The Hall–Kier alpha value is -0.980. The number of hydrogen-bond donors (Lipinski definition) is 1. The van der Waals surface area contributed by atoms with E-state index in [2.05, 4.69) is 20.8 Å². The van der Waals surface area contributed by atoms with Gasteiger partial charge in [-0.3, -0.25) is 15.0 Å². The second-order valence-electron chi connectivity index (χ2n) is 5.38. The van der Waals surface area contributed by atoms with Crippen LogP contribution < -0.4 is 0 Å². The first-order valence-electron chi connectivity index (χ1n) is 6.80. The van der Waals surface area contributed by atoms with Crippen LogP contribution >= 0.6 is 15.9 Å². The molecule has 0 spiro atoms. The topological polar surface area (TPSA) is 66.6 Å². The predicted molar refractivity (Wildman–Crippen MR) is 80.5 cm³/mol. The first-order valence-corrected chi connectivity index (χ1v) is 7.59. The molecule has 1 saturated carbocycles. The summed E-state index contributed by atoms with van der Waals surface area (Å²) in [5, 5.41) is 21.0. The molecule has 20 heavy (non-hydrogen) atoms. The first-order chi connectivity index (χ1) is 9.49. The third-order valence-electron chi connectivity index (χ3n) is 3.90. The monoisotopic (exact) mass is 342 g/mol. The lowest BCUT2D eigenvalue weighted by Crippen LogP contribution is -2.42. The Morgan fingerprint density at radius 1 is 1.45 bits per heavy atom. The summed E-state index contributed by atoms with van der Waals surface area (Å²) in [5.41, 5.74) is 0.972. The highest BCUT2D eigenvalue weighted by Crippen LogP contribution is 2.28. The van der Waals surface area contributed by atoms with E-state index in [9.17, 15) is 15.2 Å². The SMILES string of the molecule is CN(Cc1ccc(Br)c([N+](=O)[O-])c1)C1CCCCC1O. The van der Waals surface area contributed by atoms with Crippen molar-refractivity contribution in [3.63, 3.8) is 0 Å². The highest BCUT2D eigenvalue weighted by molar-refractivity contribution is 9.10. The zero-order chi connectivity index (χ0) is 14.7. The van der Waals surface area contributed by atoms with E-state index in [4.69, 9.17) is 0 Å². The summed E-state index contributed by atoms with van der Waals surface area (Å²) < 4.78 is 0.492. The minimum absolute atomic E-state index is 0.0834. The van der Waals surface area contributed by atoms with Crippen LogP contribution in [0.2, 0.25) is 0 Å². The van der Waals surface area contributed by atoms with Crippen LogP contribution in [0.15, 0.2) is 22.7 Å². The zero-order valence-corrected chi connectivity index (χ0v) is 13.0. The van der Waals surface area contributed by atoms with Gasteiger partial charge in [-0.15, -0.1) is 0 Å². The maximum Gasteiger partial charge on any atom is 0.283 e. The quantitative estimate of drug-likeness (QED) is 0.674. The summed E-state index contributed by atoms with van der Waals surface area (Å²) in [6, 6.07) is 5.32. The number of nitro groups is 1.